The van der Waals surface area contributed by atoms with Gasteiger partial charge in [0.25, 0.3) is 5.91 Å². The molecule has 0 spiro atoms. The van der Waals surface area contributed by atoms with E-state index in [-0.39, 0.29) is 17.7 Å². The van der Waals surface area contributed by atoms with Crippen LogP contribution < -0.4 is 0 Å². The number of morpholine rings is 1. The average Bonchev–Trinajstić information content (AvgIpc) is 3.11. The smallest absolute Gasteiger partial charge is 0.253 e. The first kappa shape index (κ1) is 19.7. The van der Waals surface area contributed by atoms with Crippen LogP contribution in [0.25, 0.3) is 5.69 Å². The molecule has 0 saturated carbocycles. The Morgan fingerprint density at radius 3 is 2.21 bits per heavy atom. The van der Waals surface area contributed by atoms with Crippen LogP contribution in [-0.4, -0.2) is 65.6 Å². The van der Waals surface area contributed by atoms with Crippen molar-refractivity contribution in [2.75, 3.05) is 39.4 Å². The Hall–Kier alpha value is -2.60. The van der Waals surface area contributed by atoms with Crippen molar-refractivity contribution in [3.63, 3.8) is 0 Å². The lowest BCUT2D eigenvalue weighted by Gasteiger charge is -2.36. The van der Waals surface area contributed by atoms with Gasteiger partial charge in [0.1, 0.15) is 0 Å². The van der Waals surface area contributed by atoms with E-state index in [4.69, 9.17) is 4.74 Å². The summed E-state index contributed by atoms with van der Waals surface area (Å²) in [6, 6.07) is 12.0. The van der Waals surface area contributed by atoms with E-state index in [9.17, 15) is 9.59 Å². The van der Waals surface area contributed by atoms with E-state index in [1.807, 2.05) is 34.1 Å². The van der Waals surface area contributed by atoms with Crippen molar-refractivity contribution < 1.29 is 14.3 Å². The Morgan fingerprint density at radius 1 is 0.897 bits per heavy atom. The number of benzene rings is 1. The van der Waals surface area contributed by atoms with Crippen molar-refractivity contribution in [3.05, 3.63) is 53.3 Å². The third-order valence-electron chi connectivity index (χ3n) is 6.02. The van der Waals surface area contributed by atoms with E-state index in [0.717, 1.165) is 18.5 Å². The molecular weight excluding hydrogens is 366 g/mol. The van der Waals surface area contributed by atoms with Crippen LogP contribution in [0.4, 0.5) is 0 Å². The fourth-order valence-corrected chi connectivity index (χ4v) is 4.42. The van der Waals surface area contributed by atoms with Gasteiger partial charge in [-0.05, 0) is 63.1 Å². The van der Waals surface area contributed by atoms with E-state index >= 15 is 0 Å². The van der Waals surface area contributed by atoms with Gasteiger partial charge >= 0.3 is 0 Å². The van der Waals surface area contributed by atoms with Crippen LogP contribution in [0.5, 0.6) is 0 Å². The fraction of sp³-hybridized carbons (Fsp3) is 0.478. The predicted molar refractivity (Wildman–Crippen MR) is 111 cm³/mol. The molecule has 154 valence electrons. The number of rotatable bonds is 3. The first-order valence-corrected chi connectivity index (χ1v) is 10.5. The molecule has 1 aromatic heterocycles. The quantitative estimate of drug-likeness (QED) is 0.803. The molecule has 0 radical (unpaired) electrons. The lowest BCUT2D eigenvalue weighted by molar-refractivity contribution is -0.141. The molecule has 0 N–H and O–H groups in total. The summed E-state index contributed by atoms with van der Waals surface area (Å²) in [6.45, 7) is 7.89. The maximum Gasteiger partial charge on any atom is 0.253 e. The molecule has 0 aliphatic carbocycles. The first-order valence-electron chi connectivity index (χ1n) is 10.5. The second kappa shape index (κ2) is 8.41. The summed E-state index contributed by atoms with van der Waals surface area (Å²) in [5.74, 6) is 0.0759. The number of aryl methyl sites for hydroxylation is 2. The summed E-state index contributed by atoms with van der Waals surface area (Å²) in [5, 5.41) is 0. The molecule has 6 heteroatoms. The molecule has 2 amide bonds. The van der Waals surface area contributed by atoms with E-state index < -0.39 is 0 Å². The summed E-state index contributed by atoms with van der Waals surface area (Å²) in [4.78, 5) is 29.6. The summed E-state index contributed by atoms with van der Waals surface area (Å²) in [6.07, 6.45) is 1.72. The zero-order chi connectivity index (χ0) is 20.4. The van der Waals surface area contributed by atoms with E-state index in [1.54, 1.807) is 0 Å². The van der Waals surface area contributed by atoms with Crippen LogP contribution in [0.15, 0.2) is 36.4 Å². The van der Waals surface area contributed by atoms with Crippen molar-refractivity contribution >= 4 is 11.8 Å². The van der Waals surface area contributed by atoms with E-state index in [1.165, 1.54) is 11.4 Å². The molecule has 2 fully saturated rings. The zero-order valence-corrected chi connectivity index (χ0v) is 17.3. The Labute approximate surface area is 172 Å². The van der Waals surface area contributed by atoms with Crippen molar-refractivity contribution in [3.8, 4) is 5.69 Å². The lowest BCUT2D eigenvalue weighted by Crippen LogP contribution is -2.49. The van der Waals surface area contributed by atoms with E-state index in [0.29, 0.717) is 45.0 Å². The van der Waals surface area contributed by atoms with Crippen molar-refractivity contribution in [1.29, 1.82) is 0 Å². The van der Waals surface area contributed by atoms with Gasteiger partial charge in [-0.25, -0.2) is 0 Å². The highest BCUT2D eigenvalue weighted by Gasteiger charge is 2.32. The Bertz CT molecular complexity index is 862. The summed E-state index contributed by atoms with van der Waals surface area (Å²) in [7, 11) is 0. The maximum absolute atomic E-state index is 13.1. The van der Waals surface area contributed by atoms with Crippen LogP contribution in [-0.2, 0) is 9.53 Å². The Kier molecular flexibility index (Phi) is 5.72. The molecule has 4 rings (SSSR count). The number of piperidine rings is 1. The molecule has 2 aromatic rings. The maximum atomic E-state index is 13.1. The van der Waals surface area contributed by atoms with Gasteiger partial charge in [0, 0.05) is 48.8 Å². The van der Waals surface area contributed by atoms with Gasteiger partial charge in [0.2, 0.25) is 5.91 Å². The number of amides is 2. The number of hydrogen-bond acceptors (Lipinski definition) is 3. The minimum Gasteiger partial charge on any atom is -0.378 e. The first-order chi connectivity index (χ1) is 14.0. The Balaban J connectivity index is 1.44. The highest BCUT2D eigenvalue weighted by Crippen LogP contribution is 2.22. The van der Waals surface area contributed by atoms with Gasteiger partial charge in [-0.15, -0.1) is 0 Å². The average molecular weight is 396 g/mol. The second-order valence-electron chi connectivity index (χ2n) is 8.03. The number of hydrogen-bond donors (Lipinski definition) is 0. The van der Waals surface area contributed by atoms with E-state index in [2.05, 4.69) is 30.5 Å². The van der Waals surface area contributed by atoms with Gasteiger partial charge < -0.3 is 19.1 Å². The molecule has 1 aromatic carbocycles. The third-order valence-corrected chi connectivity index (χ3v) is 6.02. The molecule has 3 heterocycles. The number of likely N-dealkylation sites (tertiary alicyclic amines) is 1. The number of nitrogens with zero attached hydrogens (tertiary/aromatic N) is 3. The molecule has 0 bridgehead atoms. The largest absolute Gasteiger partial charge is 0.378 e. The molecule has 2 aliphatic rings. The standard InChI is InChI=1S/C23H29N3O3/c1-17-5-6-18(2)26(17)21-9-7-19(8-10-21)22(27)25-11-3-4-20(16-25)23(28)24-12-14-29-15-13-24/h5-10,20H,3-4,11-16H2,1-2H3. The van der Waals surface area contributed by atoms with Crippen molar-refractivity contribution in [2.24, 2.45) is 5.92 Å². The summed E-state index contributed by atoms with van der Waals surface area (Å²) < 4.78 is 7.52. The normalized spacial score (nSPS) is 20.0. The van der Waals surface area contributed by atoms with Crippen LogP contribution in [0, 0.1) is 19.8 Å². The number of carbonyl (C=O) groups is 2. The van der Waals surface area contributed by atoms with Gasteiger partial charge in [0.05, 0.1) is 19.1 Å². The van der Waals surface area contributed by atoms with Crippen molar-refractivity contribution in [1.82, 2.24) is 14.4 Å². The molecule has 29 heavy (non-hydrogen) atoms. The van der Waals surface area contributed by atoms with Crippen LogP contribution in [0.1, 0.15) is 34.6 Å². The van der Waals surface area contributed by atoms with Crippen molar-refractivity contribution in [2.45, 2.75) is 26.7 Å². The lowest BCUT2D eigenvalue weighted by atomic mass is 9.95. The summed E-state index contributed by atoms with van der Waals surface area (Å²) in [5.41, 5.74) is 4.07. The zero-order valence-electron chi connectivity index (χ0n) is 17.3. The number of aromatic nitrogens is 1. The molecule has 2 saturated heterocycles. The molecule has 2 aliphatic heterocycles. The second-order valence-corrected chi connectivity index (χ2v) is 8.03. The highest BCUT2D eigenvalue weighted by molar-refractivity contribution is 5.95. The SMILES string of the molecule is Cc1ccc(C)n1-c1ccc(C(=O)N2CCCC(C(=O)N3CCOCC3)C2)cc1. The topological polar surface area (TPSA) is 54.8 Å². The van der Waals surface area contributed by atoms with Crippen LogP contribution in [0.2, 0.25) is 0 Å². The monoisotopic (exact) mass is 395 g/mol. The number of carbonyl (C=O) groups excluding carboxylic acids is 2. The molecule has 1 atom stereocenters. The highest BCUT2D eigenvalue weighted by atomic mass is 16.5. The van der Waals surface area contributed by atoms with Gasteiger partial charge in [-0.2, -0.15) is 0 Å². The molecular formula is C23H29N3O3. The molecule has 6 nitrogen and oxygen atoms in total. The number of ether oxygens (including phenoxy) is 1. The van der Waals surface area contributed by atoms with Gasteiger partial charge in [0.15, 0.2) is 0 Å². The van der Waals surface area contributed by atoms with Crippen LogP contribution in [0.3, 0.4) is 0 Å². The predicted octanol–water partition coefficient (Wildman–Crippen LogP) is 2.81. The fourth-order valence-electron chi connectivity index (χ4n) is 4.42. The van der Waals surface area contributed by atoms with Crippen LogP contribution >= 0.6 is 0 Å². The Morgan fingerprint density at radius 2 is 1.55 bits per heavy atom. The van der Waals surface area contributed by atoms with Gasteiger partial charge in [-0.3, -0.25) is 9.59 Å². The summed E-state index contributed by atoms with van der Waals surface area (Å²) >= 11 is 0. The third kappa shape index (κ3) is 4.08. The molecule has 1 unspecified atom stereocenters. The minimum atomic E-state index is -0.102. The minimum absolute atomic E-state index is 0.0111. The van der Waals surface area contributed by atoms with Gasteiger partial charge in [-0.1, -0.05) is 0 Å².